The zero-order chi connectivity index (χ0) is 16.9. The van der Waals surface area contributed by atoms with Crippen LogP contribution in [0.2, 0.25) is 0 Å². The molecule has 2 atom stereocenters. The SMILES string of the molecule is CCOC1CC(NC(=O)NCC(C)(C)CCO)C12CCCCC2. The Morgan fingerprint density at radius 2 is 2.00 bits per heavy atom. The van der Waals surface area contributed by atoms with Crippen LogP contribution in [0.3, 0.4) is 0 Å². The molecule has 0 bridgehead atoms. The third kappa shape index (κ3) is 4.38. The number of carbonyl (C=O) groups excluding carboxylic acids is 1. The van der Waals surface area contributed by atoms with Crippen molar-refractivity contribution in [3.63, 3.8) is 0 Å². The largest absolute Gasteiger partial charge is 0.396 e. The molecule has 3 N–H and O–H groups in total. The highest BCUT2D eigenvalue weighted by atomic mass is 16.5. The van der Waals surface area contributed by atoms with Gasteiger partial charge in [0.25, 0.3) is 0 Å². The first-order chi connectivity index (χ1) is 10.9. The molecule has 0 saturated heterocycles. The lowest BCUT2D eigenvalue weighted by atomic mass is 9.55. The Bertz CT molecular complexity index is 392. The van der Waals surface area contributed by atoms with Crippen molar-refractivity contribution in [1.82, 2.24) is 10.6 Å². The van der Waals surface area contributed by atoms with E-state index in [0.717, 1.165) is 13.0 Å². The molecule has 2 rings (SSSR count). The van der Waals surface area contributed by atoms with Gasteiger partial charge in [0.2, 0.25) is 0 Å². The summed E-state index contributed by atoms with van der Waals surface area (Å²) < 4.78 is 5.93. The normalized spacial score (nSPS) is 26.6. The molecule has 23 heavy (non-hydrogen) atoms. The Morgan fingerprint density at radius 1 is 1.30 bits per heavy atom. The molecule has 0 aliphatic heterocycles. The van der Waals surface area contributed by atoms with Crippen LogP contribution in [-0.2, 0) is 4.74 Å². The molecule has 134 valence electrons. The molecule has 1 spiro atoms. The van der Waals surface area contributed by atoms with Gasteiger partial charge < -0.3 is 20.5 Å². The highest BCUT2D eigenvalue weighted by Crippen LogP contribution is 2.53. The maximum absolute atomic E-state index is 12.3. The Morgan fingerprint density at radius 3 is 2.61 bits per heavy atom. The van der Waals surface area contributed by atoms with Crippen molar-refractivity contribution in [2.24, 2.45) is 10.8 Å². The minimum atomic E-state index is -0.0825. The summed E-state index contributed by atoms with van der Waals surface area (Å²) in [5, 5.41) is 15.2. The van der Waals surface area contributed by atoms with Crippen LogP contribution in [-0.4, -0.2) is 43.0 Å². The number of hydrogen-bond donors (Lipinski definition) is 3. The second-order valence-corrected chi connectivity index (χ2v) is 7.99. The summed E-state index contributed by atoms with van der Waals surface area (Å²) in [6.45, 7) is 7.64. The van der Waals surface area contributed by atoms with Gasteiger partial charge in [-0.2, -0.15) is 0 Å². The predicted octanol–water partition coefficient (Wildman–Crippen LogP) is 2.82. The average Bonchev–Trinajstić information content (AvgIpc) is 2.53. The van der Waals surface area contributed by atoms with Crippen LogP contribution in [0.1, 0.15) is 65.7 Å². The summed E-state index contributed by atoms with van der Waals surface area (Å²) in [4.78, 5) is 12.3. The summed E-state index contributed by atoms with van der Waals surface area (Å²) in [5.41, 5.74) is 0.0777. The Balaban J connectivity index is 1.85. The molecule has 2 unspecified atom stereocenters. The number of carbonyl (C=O) groups is 1. The minimum Gasteiger partial charge on any atom is -0.396 e. The minimum absolute atomic E-state index is 0.0813. The zero-order valence-corrected chi connectivity index (χ0v) is 15.0. The van der Waals surface area contributed by atoms with E-state index in [0.29, 0.717) is 19.1 Å². The van der Waals surface area contributed by atoms with Crippen molar-refractivity contribution >= 4 is 6.03 Å². The van der Waals surface area contributed by atoms with Gasteiger partial charge in [-0.15, -0.1) is 0 Å². The van der Waals surface area contributed by atoms with E-state index in [1.54, 1.807) is 0 Å². The molecule has 2 saturated carbocycles. The van der Waals surface area contributed by atoms with Crippen LogP contribution in [0.4, 0.5) is 4.79 Å². The summed E-state index contributed by atoms with van der Waals surface area (Å²) in [6, 6.07) is 0.154. The number of urea groups is 1. The molecule has 5 heteroatoms. The van der Waals surface area contributed by atoms with Crippen LogP contribution in [0, 0.1) is 10.8 Å². The molecule has 2 amide bonds. The number of aliphatic hydroxyl groups excluding tert-OH is 1. The molecule has 0 aromatic rings. The second kappa shape index (κ2) is 7.84. The fourth-order valence-electron chi connectivity index (χ4n) is 4.19. The summed E-state index contributed by atoms with van der Waals surface area (Å²) >= 11 is 0. The second-order valence-electron chi connectivity index (χ2n) is 7.99. The van der Waals surface area contributed by atoms with Gasteiger partial charge in [0.1, 0.15) is 0 Å². The van der Waals surface area contributed by atoms with Gasteiger partial charge in [0, 0.05) is 31.2 Å². The fourth-order valence-corrected chi connectivity index (χ4v) is 4.19. The van der Waals surface area contributed by atoms with E-state index < -0.39 is 0 Å². The number of ether oxygens (including phenoxy) is 1. The molecule has 0 heterocycles. The zero-order valence-electron chi connectivity index (χ0n) is 15.0. The lowest BCUT2D eigenvalue weighted by molar-refractivity contribution is -0.146. The highest BCUT2D eigenvalue weighted by Gasteiger charge is 2.56. The third-order valence-corrected chi connectivity index (χ3v) is 5.76. The molecule has 2 aliphatic carbocycles. The van der Waals surface area contributed by atoms with E-state index in [-0.39, 0.29) is 29.5 Å². The van der Waals surface area contributed by atoms with Gasteiger partial charge in [0.15, 0.2) is 0 Å². The lowest BCUT2D eigenvalue weighted by Crippen LogP contribution is -2.66. The number of amides is 2. The molecule has 0 radical (unpaired) electrons. The maximum Gasteiger partial charge on any atom is 0.315 e. The average molecular weight is 326 g/mol. The van der Waals surface area contributed by atoms with Crippen LogP contribution in [0.15, 0.2) is 0 Å². The van der Waals surface area contributed by atoms with E-state index in [4.69, 9.17) is 9.84 Å². The summed E-state index contributed by atoms with van der Waals surface area (Å²) in [5.74, 6) is 0. The Hall–Kier alpha value is -0.810. The first kappa shape index (κ1) is 18.5. The monoisotopic (exact) mass is 326 g/mol. The summed E-state index contributed by atoms with van der Waals surface area (Å²) in [6.07, 6.45) is 8.05. The molecule has 2 fully saturated rings. The third-order valence-electron chi connectivity index (χ3n) is 5.76. The van der Waals surface area contributed by atoms with Gasteiger partial charge >= 0.3 is 6.03 Å². The molecular formula is C18H34N2O3. The van der Waals surface area contributed by atoms with Crippen LogP contribution >= 0.6 is 0 Å². The molecule has 2 aliphatic rings. The lowest BCUT2D eigenvalue weighted by Gasteiger charge is -2.57. The van der Waals surface area contributed by atoms with Crippen LogP contribution in [0.25, 0.3) is 0 Å². The highest BCUT2D eigenvalue weighted by molar-refractivity contribution is 5.74. The first-order valence-corrected chi connectivity index (χ1v) is 9.20. The fraction of sp³-hybridized carbons (Fsp3) is 0.944. The number of hydrogen-bond acceptors (Lipinski definition) is 3. The van der Waals surface area contributed by atoms with Crippen LogP contribution in [0.5, 0.6) is 0 Å². The van der Waals surface area contributed by atoms with Gasteiger partial charge in [-0.1, -0.05) is 33.1 Å². The smallest absolute Gasteiger partial charge is 0.315 e. The number of aliphatic hydroxyl groups is 1. The van der Waals surface area contributed by atoms with Crippen molar-refractivity contribution < 1.29 is 14.6 Å². The first-order valence-electron chi connectivity index (χ1n) is 9.20. The maximum atomic E-state index is 12.3. The van der Waals surface area contributed by atoms with Gasteiger partial charge in [-0.05, 0) is 38.0 Å². The van der Waals surface area contributed by atoms with Crippen molar-refractivity contribution in [1.29, 1.82) is 0 Å². The standard InChI is InChI=1S/C18H34N2O3/c1-4-23-15-12-14(18(15)8-6-5-7-9-18)20-16(22)19-13-17(2,3)10-11-21/h14-15,21H,4-13H2,1-3H3,(H2,19,20,22). The number of rotatable bonds is 7. The quantitative estimate of drug-likeness (QED) is 0.674. The van der Waals surface area contributed by atoms with E-state index in [1.165, 1.54) is 32.1 Å². The van der Waals surface area contributed by atoms with E-state index in [2.05, 4.69) is 24.5 Å². The topological polar surface area (TPSA) is 70.6 Å². The summed E-state index contributed by atoms with van der Waals surface area (Å²) in [7, 11) is 0. The number of nitrogens with one attached hydrogen (secondary N) is 2. The van der Waals surface area contributed by atoms with Crippen molar-refractivity contribution in [3.05, 3.63) is 0 Å². The van der Waals surface area contributed by atoms with Crippen molar-refractivity contribution in [2.75, 3.05) is 19.8 Å². The van der Waals surface area contributed by atoms with E-state index in [1.807, 2.05) is 6.92 Å². The molecule has 0 aromatic carbocycles. The Kier molecular flexibility index (Phi) is 6.32. The van der Waals surface area contributed by atoms with Gasteiger partial charge in [0.05, 0.1) is 6.10 Å². The van der Waals surface area contributed by atoms with E-state index in [9.17, 15) is 4.79 Å². The molecule has 0 aromatic heterocycles. The van der Waals surface area contributed by atoms with Crippen LogP contribution < -0.4 is 10.6 Å². The predicted molar refractivity (Wildman–Crippen MR) is 91.4 cm³/mol. The van der Waals surface area contributed by atoms with Crippen molar-refractivity contribution in [2.45, 2.75) is 77.9 Å². The molecular weight excluding hydrogens is 292 g/mol. The van der Waals surface area contributed by atoms with Crippen molar-refractivity contribution in [3.8, 4) is 0 Å². The van der Waals surface area contributed by atoms with Gasteiger partial charge in [-0.3, -0.25) is 0 Å². The van der Waals surface area contributed by atoms with E-state index >= 15 is 0 Å². The van der Waals surface area contributed by atoms with Gasteiger partial charge in [-0.25, -0.2) is 4.79 Å². The Labute approximate surface area is 140 Å². The molecule has 5 nitrogen and oxygen atoms in total.